The van der Waals surface area contributed by atoms with Crippen molar-refractivity contribution in [2.75, 3.05) is 7.05 Å². The number of rotatable bonds is 9. The standard InChI is InChI=1S/C25H23ClF2N2O3/c1-30(16-17-11-13-19(14-12-17)33-25(27)28)23(31)15-22(18-7-3-2-4-8-18)29-24(32)20-9-5-6-10-21(20)26/h2-14,22,25H,15-16H2,1H3,(H,29,32). The van der Waals surface area contributed by atoms with E-state index < -0.39 is 12.7 Å². The largest absolute Gasteiger partial charge is 0.435 e. The average molecular weight is 473 g/mol. The minimum absolute atomic E-state index is 0.0310. The molecule has 1 N–H and O–H groups in total. The van der Waals surface area contributed by atoms with Gasteiger partial charge in [0.05, 0.1) is 23.0 Å². The van der Waals surface area contributed by atoms with Gasteiger partial charge in [0.2, 0.25) is 5.91 Å². The maximum absolute atomic E-state index is 13.0. The summed E-state index contributed by atoms with van der Waals surface area (Å²) in [7, 11) is 1.64. The highest BCUT2D eigenvalue weighted by molar-refractivity contribution is 6.33. The summed E-state index contributed by atoms with van der Waals surface area (Å²) < 4.78 is 29.0. The molecule has 0 radical (unpaired) electrons. The summed E-state index contributed by atoms with van der Waals surface area (Å²) in [6.07, 6.45) is 0.0310. The van der Waals surface area contributed by atoms with Gasteiger partial charge in [-0.05, 0) is 35.4 Å². The molecule has 0 aliphatic heterocycles. The van der Waals surface area contributed by atoms with E-state index in [1.807, 2.05) is 30.3 Å². The van der Waals surface area contributed by atoms with E-state index >= 15 is 0 Å². The molecule has 0 aromatic heterocycles. The predicted molar refractivity (Wildman–Crippen MR) is 122 cm³/mol. The molecule has 172 valence electrons. The maximum Gasteiger partial charge on any atom is 0.387 e. The quantitative estimate of drug-likeness (QED) is 0.450. The number of benzene rings is 3. The first kappa shape index (κ1) is 24.2. The van der Waals surface area contributed by atoms with Gasteiger partial charge in [-0.3, -0.25) is 9.59 Å². The zero-order valence-electron chi connectivity index (χ0n) is 17.9. The Hall–Kier alpha value is -3.45. The molecule has 3 rings (SSSR count). The Kier molecular flexibility index (Phi) is 8.38. The Morgan fingerprint density at radius 2 is 1.61 bits per heavy atom. The molecule has 0 aliphatic rings. The smallest absolute Gasteiger partial charge is 0.387 e. The van der Waals surface area contributed by atoms with E-state index in [2.05, 4.69) is 10.1 Å². The number of amides is 2. The van der Waals surface area contributed by atoms with Crippen molar-refractivity contribution < 1.29 is 23.1 Å². The number of carbonyl (C=O) groups is 2. The summed E-state index contributed by atoms with van der Waals surface area (Å²) in [4.78, 5) is 27.3. The molecule has 0 spiro atoms. The fraction of sp³-hybridized carbons (Fsp3) is 0.200. The van der Waals surface area contributed by atoms with Crippen LogP contribution >= 0.6 is 11.6 Å². The van der Waals surface area contributed by atoms with Gasteiger partial charge in [0.15, 0.2) is 0 Å². The van der Waals surface area contributed by atoms with E-state index in [1.54, 1.807) is 43.4 Å². The van der Waals surface area contributed by atoms with E-state index in [0.29, 0.717) is 10.6 Å². The van der Waals surface area contributed by atoms with E-state index in [-0.39, 0.29) is 30.5 Å². The highest BCUT2D eigenvalue weighted by Gasteiger charge is 2.22. The first-order valence-corrected chi connectivity index (χ1v) is 10.6. The van der Waals surface area contributed by atoms with Crippen molar-refractivity contribution in [2.45, 2.75) is 25.6 Å². The first-order valence-electron chi connectivity index (χ1n) is 10.2. The van der Waals surface area contributed by atoms with Crippen LogP contribution in [0.2, 0.25) is 5.02 Å². The van der Waals surface area contributed by atoms with Crippen LogP contribution in [0.4, 0.5) is 8.78 Å². The van der Waals surface area contributed by atoms with Gasteiger partial charge in [0.25, 0.3) is 5.91 Å². The third kappa shape index (κ3) is 7.02. The Balaban J connectivity index is 1.69. The second kappa shape index (κ2) is 11.4. The Morgan fingerprint density at radius 3 is 2.24 bits per heavy atom. The van der Waals surface area contributed by atoms with Crippen molar-refractivity contribution in [3.05, 3.63) is 101 Å². The summed E-state index contributed by atoms with van der Waals surface area (Å²) >= 11 is 6.15. The zero-order chi connectivity index (χ0) is 23.8. The van der Waals surface area contributed by atoms with E-state index in [9.17, 15) is 18.4 Å². The van der Waals surface area contributed by atoms with Gasteiger partial charge in [-0.2, -0.15) is 8.78 Å². The number of nitrogens with one attached hydrogen (secondary N) is 1. The summed E-state index contributed by atoms with van der Waals surface area (Å²) in [5.41, 5.74) is 1.86. The number of ether oxygens (including phenoxy) is 1. The molecule has 1 unspecified atom stereocenters. The van der Waals surface area contributed by atoms with Crippen molar-refractivity contribution in [3.63, 3.8) is 0 Å². The molecule has 0 saturated heterocycles. The number of carbonyl (C=O) groups excluding carboxylic acids is 2. The first-order chi connectivity index (χ1) is 15.8. The minimum Gasteiger partial charge on any atom is -0.435 e. The maximum atomic E-state index is 13.0. The number of hydrogen-bond acceptors (Lipinski definition) is 3. The fourth-order valence-electron chi connectivity index (χ4n) is 3.29. The lowest BCUT2D eigenvalue weighted by Gasteiger charge is -2.23. The Labute approximate surface area is 195 Å². The van der Waals surface area contributed by atoms with Gasteiger partial charge in [-0.15, -0.1) is 0 Å². The molecule has 3 aromatic rings. The van der Waals surface area contributed by atoms with Crippen molar-refractivity contribution in [1.29, 1.82) is 0 Å². The van der Waals surface area contributed by atoms with Gasteiger partial charge in [0, 0.05) is 13.6 Å². The molecule has 0 bridgehead atoms. The lowest BCUT2D eigenvalue weighted by Crippen LogP contribution is -2.34. The summed E-state index contributed by atoms with van der Waals surface area (Å²) in [6.45, 7) is -2.62. The lowest BCUT2D eigenvalue weighted by molar-refractivity contribution is -0.130. The van der Waals surface area contributed by atoms with Crippen LogP contribution in [0.15, 0.2) is 78.9 Å². The Bertz CT molecular complexity index is 1080. The third-order valence-electron chi connectivity index (χ3n) is 5.00. The SMILES string of the molecule is CN(Cc1ccc(OC(F)F)cc1)C(=O)CC(NC(=O)c1ccccc1Cl)c1ccccc1. The fourth-order valence-corrected chi connectivity index (χ4v) is 3.51. The highest BCUT2D eigenvalue weighted by atomic mass is 35.5. The molecule has 0 saturated carbocycles. The predicted octanol–water partition coefficient (Wildman–Crippen LogP) is 5.46. The molecular weight excluding hydrogens is 450 g/mol. The van der Waals surface area contributed by atoms with Gasteiger partial charge >= 0.3 is 6.61 Å². The second-order valence-electron chi connectivity index (χ2n) is 7.39. The molecule has 5 nitrogen and oxygen atoms in total. The van der Waals surface area contributed by atoms with Crippen molar-refractivity contribution in [1.82, 2.24) is 10.2 Å². The zero-order valence-corrected chi connectivity index (χ0v) is 18.6. The van der Waals surface area contributed by atoms with Gasteiger partial charge in [0.1, 0.15) is 5.75 Å². The molecule has 8 heteroatoms. The molecule has 0 aliphatic carbocycles. The Morgan fingerprint density at radius 1 is 0.970 bits per heavy atom. The number of alkyl halides is 2. The van der Waals surface area contributed by atoms with Gasteiger partial charge < -0.3 is 15.0 Å². The molecule has 2 amide bonds. The van der Waals surface area contributed by atoms with Crippen LogP contribution in [0.5, 0.6) is 5.75 Å². The highest BCUT2D eigenvalue weighted by Crippen LogP contribution is 2.22. The van der Waals surface area contributed by atoms with Crippen LogP contribution in [0.25, 0.3) is 0 Å². The number of nitrogens with zero attached hydrogens (tertiary/aromatic N) is 1. The van der Waals surface area contributed by atoms with Gasteiger partial charge in [-0.25, -0.2) is 0 Å². The van der Waals surface area contributed by atoms with Crippen LogP contribution in [0.3, 0.4) is 0 Å². The topological polar surface area (TPSA) is 58.6 Å². The van der Waals surface area contributed by atoms with Crippen molar-refractivity contribution in [2.24, 2.45) is 0 Å². The molecule has 1 atom stereocenters. The number of hydrogen-bond donors (Lipinski definition) is 1. The monoisotopic (exact) mass is 472 g/mol. The van der Waals surface area contributed by atoms with Crippen LogP contribution in [-0.2, 0) is 11.3 Å². The normalized spacial score (nSPS) is 11.7. The summed E-state index contributed by atoms with van der Waals surface area (Å²) in [5, 5.41) is 3.23. The van der Waals surface area contributed by atoms with Crippen molar-refractivity contribution >= 4 is 23.4 Å². The van der Waals surface area contributed by atoms with Crippen LogP contribution in [0, 0.1) is 0 Å². The van der Waals surface area contributed by atoms with Gasteiger partial charge in [-0.1, -0.05) is 66.2 Å². The molecule has 0 fully saturated rings. The molecule has 0 heterocycles. The molecule has 33 heavy (non-hydrogen) atoms. The minimum atomic E-state index is -2.89. The summed E-state index contributed by atoms with van der Waals surface area (Å²) in [5.74, 6) is -0.523. The molecule has 3 aromatic carbocycles. The van der Waals surface area contributed by atoms with E-state index in [1.165, 1.54) is 17.0 Å². The average Bonchev–Trinajstić information content (AvgIpc) is 2.80. The second-order valence-corrected chi connectivity index (χ2v) is 7.80. The van der Waals surface area contributed by atoms with Crippen molar-refractivity contribution in [3.8, 4) is 5.75 Å². The summed E-state index contributed by atoms with van der Waals surface area (Å²) in [6, 6.07) is 21.4. The lowest BCUT2D eigenvalue weighted by atomic mass is 10.0. The van der Waals surface area contributed by atoms with E-state index in [0.717, 1.165) is 11.1 Å². The van der Waals surface area contributed by atoms with Crippen LogP contribution in [0.1, 0.15) is 33.9 Å². The number of halogens is 3. The van der Waals surface area contributed by atoms with Crippen LogP contribution in [-0.4, -0.2) is 30.4 Å². The van der Waals surface area contributed by atoms with Crippen LogP contribution < -0.4 is 10.1 Å². The van der Waals surface area contributed by atoms with E-state index in [4.69, 9.17) is 11.6 Å². The third-order valence-corrected chi connectivity index (χ3v) is 5.33. The molecular formula is C25H23ClF2N2O3.